The number of nitrogens with two attached hydrogens (primary N) is 4. The van der Waals surface area contributed by atoms with Crippen molar-refractivity contribution in [1.82, 2.24) is 19.9 Å². The molecule has 0 aliphatic heterocycles. The Morgan fingerprint density at radius 2 is 0.463 bits per heavy atom. The molecule has 0 saturated heterocycles. The Labute approximate surface area is 523 Å². The SMILES string of the molecule is CO.CO.C[O-].C[O-].C[O-].C[O-].Nc1ccc(S(=O)(=O)[N-]c2nccs2)cc1.Nc1ccc(S(=O)(=O)[N-]c2nccs2)cc1.Nc1ccc(S(=O)(=O)[N-]c2nccs2)cc1.Nc1ccc(S(=O)(=O)[N-]c2nccs2)cc1.[Cu+2].[Cu+2].[Cu+2].[Cu+2]. The van der Waals surface area contributed by atoms with E-state index in [-0.39, 0.29) is 108 Å². The third kappa shape index (κ3) is 33.4. The Hall–Kier alpha value is -4.56. The molecule has 0 fully saturated rings. The molecule has 456 valence electrons. The van der Waals surface area contributed by atoms with Crippen LogP contribution in [-0.4, -0.2) is 106 Å². The van der Waals surface area contributed by atoms with Crippen molar-refractivity contribution < 1.29 is 133 Å². The summed E-state index contributed by atoms with van der Waals surface area (Å²) < 4.78 is 109. The summed E-state index contributed by atoms with van der Waals surface area (Å²) in [6, 6.07) is 23.5. The van der Waals surface area contributed by atoms with E-state index in [0.717, 1.165) is 42.7 Å². The first-order chi connectivity index (χ1) is 36.3. The van der Waals surface area contributed by atoms with E-state index in [1.54, 1.807) is 21.5 Å². The maximum Gasteiger partial charge on any atom is 2.00 e. The Bertz CT molecular complexity index is 2720. The van der Waals surface area contributed by atoms with Crippen molar-refractivity contribution in [3.8, 4) is 0 Å². The monoisotopic (exact) mass is 1460 g/mol. The number of nitrogens with zero attached hydrogens (tertiary/aromatic N) is 8. The third-order valence-corrected chi connectivity index (χ3v) is 15.4. The summed E-state index contributed by atoms with van der Waals surface area (Å²) in [4.78, 5) is 15.6. The standard InChI is InChI=1S/4C9H8N3O2S2.2CH4O.4CH3O.4Cu/c4*10-7-1-3-8(4-2-7)16(13,14)12-9-11-5-6-15-9;6*1-2;;;;/h4*1-6H,10H2;2*2H,1H3;4*1H3;;;;/q4*-1;;;4*-1;4*+2. The van der Waals surface area contributed by atoms with Crippen LogP contribution in [0.25, 0.3) is 18.9 Å². The van der Waals surface area contributed by atoms with Crippen molar-refractivity contribution in [1.29, 1.82) is 0 Å². The van der Waals surface area contributed by atoms with Gasteiger partial charge in [0.2, 0.25) is 40.1 Å². The van der Waals surface area contributed by atoms with Gasteiger partial charge in [-0.2, -0.15) is 73.8 Å². The van der Waals surface area contributed by atoms with E-state index in [9.17, 15) is 33.7 Å². The maximum atomic E-state index is 11.8. The zero-order chi connectivity index (χ0) is 58.4. The molecule has 0 saturated carbocycles. The van der Waals surface area contributed by atoms with E-state index in [2.05, 4.69) is 38.8 Å². The van der Waals surface area contributed by atoms with Gasteiger partial charge < -0.3 is 92.4 Å². The molecule has 4 radical (unpaired) electrons. The van der Waals surface area contributed by atoms with Crippen molar-refractivity contribution in [3.63, 3.8) is 0 Å². The number of anilines is 4. The van der Waals surface area contributed by atoms with Crippen LogP contribution in [0.5, 0.6) is 0 Å². The summed E-state index contributed by atoms with van der Waals surface area (Å²) in [7, 11) is -9.73. The van der Waals surface area contributed by atoms with Crippen LogP contribution in [0.15, 0.2) is 163 Å². The van der Waals surface area contributed by atoms with Gasteiger partial charge in [0.25, 0.3) is 0 Å². The number of aromatic nitrogens is 4. The van der Waals surface area contributed by atoms with Crippen LogP contribution in [0.2, 0.25) is 0 Å². The number of rotatable bonds is 12. The van der Waals surface area contributed by atoms with Crippen LogP contribution in [0.3, 0.4) is 0 Å². The van der Waals surface area contributed by atoms with Gasteiger partial charge in [-0.1, -0.05) is 24.8 Å². The molecule has 0 atom stereocenters. The van der Waals surface area contributed by atoms with Gasteiger partial charge in [0.1, 0.15) is 0 Å². The average molecular weight is 1460 g/mol. The number of thiazole rings is 4. The normalized spacial score (nSPS) is 9.45. The van der Waals surface area contributed by atoms with Crippen LogP contribution in [-0.2, 0) is 108 Å². The van der Waals surface area contributed by atoms with E-state index in [0.29, 0.717) is 22.7 Å². The number of hydrogen-bond donors (Lipinski definition) is 6. The molecule has 0 bridgehead atoms. The number of aliphatic hydroxyl groups excluding tert-OH is 2. The first-order valence-corrected chi connectivity index (χ1v) is 29.0. The van der Waals surface area contributed by atoms with E-state index in [1.165, 1.54) is 167 Å². The Morgan fingerprint density at radius 3 is 0.575 bits per heavy atom. The molecule has 4 heterocycles. The van der Waals surface area contributed by atoms with Crippen molar-refractivity contribution in [2.24, 2.45) is 0 Å². The van der Waals surface area contributed by atoms with Crippen molar-refractivity contribution in [2.75, 3.05) is 65.6 Å². The van der Waals surface area contributed by atoms with Crippen molar-refractivity contribution >= 4 is 129 Å². The van der Waals surface area contributed by atoms with Crippen LogP contribution >= 0.6 is 45.3 Å². The maximum absolute atomic E-state index is 11.8. The van der Waals surface area contributed by atoms with Gasteiger partial charge in [-0.05, 0) is 119 Å². The molecular weight excluding hydrogens is 1410 g/mol. The molecule has 80 heavy (non-hydrogen) atoms. The molecule has 26 nitrogen and oxygen atoms in total. The Morgan fingerprint density at radius 1 is 0.325 bits per heavy atom. The van der Waals surface area contributed by atoms with Crippen LogP contribution in [0, 0.1) is 0 Å². The Kier molecular flexibility index (Phi) is 52.0. The predicted molar refractivity (Wildman–Crippen MR) is 293 cm³/mol. The molecule has 0 amide bonds. The smallest absolute Gasteiger partial charge is 0.857 e. The first kappa shape index (κ1) is 86.7. The van der Waals surface area contributed by atoms with E-state index >= 15 is 0 Å². The molecule has 0 aliphatic carbocycles. The molecule has 0 spiro atoms. The molecule has 8 rings (SSSR count). The average Bonchev–Trinajstić information content (AvgIpc) is 4.31. The van der Waals surface area contributed by atoms with Crippen LogP contribution in [0.1, 0.15) is 0 Å². The topological polar surface area (TPSA) is 481 Å². The summed E-state index contributed by atoms with van der Waals surface area (Å²) in [6.07, 6.45) is 6.01. The summed E-state index contributed by atoms with van der Waals surface area (Å²) in [5.74, 6) is 0. The van der Waals surface area contributed by atoms with E-state index in [1.807, 2.05) is 0 Å². The number of benzene rings is 4. The summed E-state index contributed by atoms with van der Waals surface area (Å²) in [5.41, 5.74) is 23.9. The molecule has 10 N–H and O–H groups in total. The van der Waals surface area contributed by atoms with Gasteiger partial charge in [-0.15, -0.1) is 0 Å². The number of sulfonamides is 4. The molecule has 8 aromatic rings. The second-order valence-corrected chi connectivity index (χ2v) is 21.7. The molecule has 0 aliphatic rings. The summed E-state index contributed by atoms with van der Waals surface area (Å²) in [5, 5.41) is 54.5. The summed E-state index contributed by atoms with van der Waals surface area (Å²) in [6.45, 7) is 0. The van der Waals surface area contributed by atoms with E-state index in [4.69, 9.17) is 53.6 Å². The fraction of sp³-hybridized carbons (Fsp3) is 0.143. The first-order valence-electron chi connectivity index (χ1n) is 19.8. The minimum Gasteiger partial charge on any atom is -0.857 e. The third-order valence-electron chi connectivity index (χ3n) is 7.18. The minimum absolute atomic E-state index is 0. The molecule has 4 aromatic heterocycles. The molecule has 4 aromatic carbocycles. The predicted octanol–water partition coefficient (Wildman–Crippen LogP) is 3.59. The van der Waals surface area contributed by atoms with Crippen molar-refractivity contribution in [2.45, 2.75) is 19.6 Å². The van der Waals surface area contributed by atoms with Gasteiger partial charge in [0, 0.05) is 57.5 Å². The van der Waals surface area contributed by atoms with Gasteiger partial charge in [0.05, 0.1) is 19.6 Å². The second kappa shape index (κ2) is 48.0. The van der Waals surface area contributed by atoms with Gasteiger partial charge in [0.15, 0.2) is 0 Å². The zero-order valence-electron chi connectivity index (χ0n) is 42.0. The summed E-state index contributed by atoms with van der Waals surface area (Å²) >= 11 is 4.66. The number of aliphatic hydroxyl groups is 2. The minimum atomic E-state index is -3.68. The van der Waals surface area contributed by atoms with Gasteiger partial charge in [-0.3, -0.25) is 0 Å². The Balaban J connectivity index is -0.000000211. The fourth-order valence-electron chi connectivity index (χ4n) is 4.23. The number of nitrogen functional groups attached to an aromatic ring is 4. The second-order valence-electron chi connectivity index (χ2n) is 11.8. The zero-order valence-corrected chi connectivity index (χ0v) is 52.3. The van der Waals surface area contributed by atoms with Gasteiger partial charge >= 0.3 is 68.3 Å². The van der Waals surface area contributed by atoms with Crippen LogP contribution < -0.4 is 43.4 Å². The largest absolute Gasteiger partial charge is 2.00 e. The van der Waals surface area contributed by atoms with Gasteiger partial charge in [-0.25, -0.2) is 33.7 Å². The molecule has 0 unspecified atom stereocenters. The quantitative estimate of drug-likeness (QED) is 0.0751. The fourth-order valence-corrected chi connectivity index (χ4v) is 10.9. The molecular formula is C42H52Cu4N12O14S8. The van der Waals surface area contributed by atoms with E-state index < -0.39 is 40.1 Å². The number of hydrogen-bond acceptors (Lipinski definition) is 26. The van der Waals surface area contributed by atoms with Crippen molar-refractivity contribution in [3.05, 3.63) is 162 Å². The molecule has 38 heteroatoms. The van der Waals surface area contributed by atoms with Crippen LogP contribution in [0.4, 0.5) is 43.3 Å².